The fraction of sp³-hybridized carbons (Fsp3) is 0.538. The van der Waals surface area contributed by atoms with Crippen LogP contribution in [0.25, 0.3) is 0 Å². The second-order valence-corrected chi connectivity index (χ2v) is 5.67. The first kappa shape index (κ1) is 13.2. The first-order valence-corrected chi connectivity index (χ1v) is 7.17. The van der Waals surface area contributed by atoms with Gasteiger partial charge in [-0.25, -0.2) is 0 Å². The van der Waals surface area contributed by atoms with Crippen LogP contribution in [0.15, 0.2) is 22.7 Å². The second kappa shape index (κ2) is 6.07. The van der Waals surface area contributed by atoms with E-state index in [4.69, 9.17) is 16.3 Å². The zero-order valence-corrected chi connectivity index (χ0v) is 12.2. The van der Waals surface area contributed by atoms with E-state index in [1.807, 2.05) is 12.1 Å². The van der Waals surface area contributed by atoms with Gasteiger partial charge in [0.2, 0.25) is 0 Å². The molecule has 1 aromatic carbocycles. The molecule has 2 rings (SSSR count). The van der Waals surface area contributed by atoms with Crippen molar-refractivity contribution in [2.45, 2.75) is 25.8 Å². The van der Waals surface area contributed by atoms with E-state index in [0.717, 1.165) is 41.2 Å². The van der Waals surface area contributed by atoms with E-state index in [9.17, 15) is 0 Å². The molecular weight excluding hydrogens is 302 g/mol. The minimum atomic E-state index is 0.467. The van der Waals surface area contributed by atoms with Crippen molar-refractivity contribution in [3.05, 3.63) is 27.7 Å². The molecule has 1 aliphatic heterocycles. The Bertz CT molecular complexity index is 380. The molecule has 0 amide bonds. The van der Waals surface area contributed by atoms with Crippen molar-refractivity contribution in [3.8, 4) is 0 Å². The average molecular weight is 319 g/mol. The van der Waals surface area contributed by atoms with Gasteiger partial charge in [0.05, 0.1) is 11.6 Å². The number of nitrogens with one attached hydrogen (secondary N) is 1. The number of rotatable bonds is 4. The standard InChI is InChI=1S/C13H17BrClNO/c1-2-13(9-5-6-17-8-9)16-10-3-4-11(14)12(15)7-10/h3-4,7,9,13,16H,2,5-6,8H2,1H3. The minimum absolute atomic E-state index is 0.467. The van der Waals surface area contributed by atoms with Crippen molar-refractivity contribution in [2.75, 3.05) is 18.5 Å². The summed E-state index contributed by atoms with van der Waals surface area (Å²) < 4.78 is 6.38. The number of halogens is 2. The highest BCUT2D eigenvalue weighted by atomic mass is 79.9. The van der Waals surface area contributed by atoms with Crippen LogP contribution in [0.5, 0.6) is 0 Å². The normalized spacial score (nSPS) is 21.5. The summed E-state index contributed by atoms with van der Waals surface area (Å²) in [5.41, 5.74) is 1.08. The fourth-order valence-electron chi connectivity index (χ4n) is 2.22. The highest BCUT2D eigenvalue weighted by molar-refractivity contribution is 9.10. The van der Waals surface area contributed by atoms with E-state index < -0.39 is 0 Å². The van der Waals surface area contributed by atoms with Crippen molar-refractivity contribution in [1.29, 1.82) is 0 Å². The van der Waals surface area contributed by atoms with Crippen LogP contribution in [0.3, 0.4) is 0 Å². The molecule has 0 spiro atoms. The molecule has 0 radical (unpaired) electrons. The molecule has 17 heavy (non-hydrogen) atoms. The van der Waals surface area contributed by atoms with Crippen LogP contribution < -0.4 is 5.32 Å². The summed E-state index contributed by atoms with van der Waals surface area (Å²) in [7, 11) is 0. The van der Waals surface area contributed by atoms with Gasteiger partial charge in [0, 0.05) is 28.7 Å². The van der Waals surface area contributed by atoms with E-state index in [1.54, 1.807) is 0 Å². The van der Waals surface area contributed by atoms with Gasteiger partial charge in [-0.2, -0.15) is 0 Å². The molecule has 1 fully saturated rings. The first-order valence-electron chi connectivity index (χ1n) is 6.00. The van der Waals surface area contributed by atoms with E-state index in [1.165, 1.54) is 0 Å². The Morgan fingerprint density at radius 1 is 1.59 bits per heavy atom. The lowest BCUT2D eigenvalue weighted by Crippen LogP contribution is -2.28. The number of benzene rings is 1. The third-order valence-electron chi connectivity index (χ3n) is 3.25. The van der Waals surface area contributed by atoms with Crippen molar-refractivity contribution in [1.82, 2.24) is 0 Å². The molecule has 1 heterocycles. The maximum absolute atomic E-state index is 6.09. The van der Waals surface area contributed by atoms with Crippen molar-refractivity contribution in [2.24, 2.45) is 5.92 Å². The molecule has 0 aromatic heterocycles. The Kier molecular flexibility index (Phi) is 4.71. The van der Waals surface area contributed by atoms with E-state index in [0.29, 0.717) is 12.0 Å². The Labute approximate surface area is 116 Å². The van der Waals surface area contributed by atoms with Crippen molar-refractivity contribution in [3.63, 3.8) is 0 Å². The van der Waals surface area contributed by atoms with Crippen molar-refractivity contribution >= 4 is 33.2 Å². The average Bonchev–Trinajstić information content (AvgIpc) is 2.84. The molecule has 1 N–H and O–H groups in total. The molecular formula is C13H17BrClNO. The Morgan fingerprint density at radius 3 is 3.00 bits per heavy atom. The van der Waals surface area contributed by atoms with Gasteiger partial charge in [-0.05, 0) is 47.0 Å². The molecule has 4 heteroatoms. The predicted octanol–water partition coefficient (Wildman–Crippen LogP) is 4.33. The molecule has 1 aromatic rings. The van der Waals surface area contributed by atoms with Crippen LogP contribution >= 0.6 is 27.5 Å². The van der Waals surface area contributed by atoms with Crippen molar-refractivity contribution < 1.29 is 4.74 Å². The molecule has 0 bridgehead atoms. The summed E-state index contributed by atoms with van der Waals surface area (Å²) in [5.74, 6) is 0.613. The van der Waals surface area contributed by atoms with E-state index in [2.05, 4.69) is 34.2 Å². The highest BCUT2D eigenvalue weighted by Crippen LogP contribution is 2.28. The Hall–Kier alpha value is -0.250. The zero-order chi connectivity index (χ0) is 12.3. The van der Waals surface area contributed by atoms with Crippen LogP contribution in [0, 0.1) is 5.92 Å². The minimum Gasteiger partial charge on any atom is -0.382 e. The van der Waals surface area contributed by atoms with Gasteiger partial charge in [0.25, 0.3) is 0 Å². The lowest BCUT2D eigenvalue weighted by Gasteiger charge is -2.23. The van der Waals surface area contributed by atoms with Gasteiger partial charge in [0.1, 0.15) is 0 Å². The van der Waals surface area contributed by atoms with E-state index >= 15 is 0 Å². The Balaban J connectivity index is 2.04. The lowest BCUT2D eigenvalue weighted by atomic mass is 9.96. The Morgan fingerprint density at radius 2 is 2.41 bits per heavy atom. The maximum Gasteiger partial charge on any atom is 0.0568 e. The number of anilines is 1. The van der Waals surface area contributed by atoms with Crippen LogP contribution in [0.4, 0.5) is 5.69 Å². The SMILES string of the molecule is CCC(Nc1ccc(Br)c(Cl)c1)C1CCOC1. The zero-order valence-electron chi connectivity index (χ0n) is 9.88. The quantitative estimate of drug-likeness (QED) is 0.892. The molecule has 2 unspecified atom stereocenters. The monoisotopic (exact) mass is 317 g/mol. The van der Waals surface area contributed by atoms with Crippen LogP contribution in [0.2, 0.25) is 5.02 Å². The lowest BCUT2D eigenvalue weighted by molar-refractivity contribution is 0.182. The molecule has 0 aliphatic carbocycles. The van der Waals surface area contributed by atoms with Crippen LogP contribution in [-0.2, 0) is 4.74 Å². The van der Waals surface area contributed by atoms with Crippen LogP contribution in [-0.4, -0.2) is 19.3 Å². The van der Waals surface area contributed by atoms with Crippen LogP contribution in [0.1, 0.15) is 19.8 Å². The molecule has 2 nitrogen and oxygen atoms in total. The summed E-state index contributed by atoms with van der Waals surface area (Å²) in [4.78, 5) is 0. The predicted molar refractivity (Wildman–Crippen MR) is 75.8 cm³/mol. The number of hydrogen-bond acceptors (Lipinski definition) is 2. The third kappa shape index (κ3) is 3.36. The second-order valence-electron chi connectivity index (χ2n) is 4.41. The van der Waals surface area contributed by atoms with Gasteiger partial charge in [-0.15, -0.1) is 0 Å². The molecule has 2 atom stereocenters. The molecule has 94 valence electrons. The van der Waals surface area contributed by atoms with Gasteiger partial charge >= 0.3 is 0 Å². The molecule has 0 saturated carbocycles. The fourth-order valence-corrected chi connectivity index (χ4v) is 2.65. The molecule has 1 saturated heterocycles. The summed E-state index contributed by atoms with van der Waals surface area (Å²) in [5, 5.41) is 4.30. The summed E-state index contributed by atoms with van der Waals surface area (Å²) in [6.45, 7) is 3.97. The van der Waals surface area contributed by atoms with E-state index in [-0.39, 0.29) is 0 Å². The van der Waals surface area contributed by atoms with Gasteiger partial charge in [-0.3, -0.25) is 0 Å². The summed E-state index contributed by atoms with van der Waals surface area (Å²) >= 11 is 9.49. The molecule has 1 aliphatic rings. The topological polar surface area (TPSA) is 21.3 Å². The summed E-state index contributed by atoms with van der Waals surface area (Å²) in [6, 6.07) is 6.45. The highest BCUT2D eigenvalue weighted by Gasteiger charge is 2.24. The summed E-state index contributed by atoms with van der Waals surface area (Å²) in [6.07, 6.45) is 2.25. The van der Waals surface area contributed by atoms with Gasteiger partial charge in [0.15, 0.2) is 0 Å². The number of hydrogen-bond donors (Lipinski definition) is 1. The number of ether oxygens (including phenoxy) is 1. The van der Waals surface area contributed by atoms with Gasteiger partial charge in [-0.1, -0.05) is 18.5 Å². The van der Waals surface area contributed by atoms with Gasteiger partial charge < -0.3 is 10.1 Å². The smallest absolute Gasteiger partial charge is 0.0568 e. The third-order valence-corrected chi connectivity index (χ3v) is 4.48. The largest absolute Gasteiger partial charge is 0.382 e. The maximum atomic E-state index is 6.09. The first-order chi connectivity index (χ1) is 8.20.